The van der Waals surface area contributed by atoms with Gasteiger partial charge >= 0.3 is 12.1 Å². The number of ketones is 1. The van der Waals surface area contributed by atoms with Gasteiger partial charge in [0.1, 0.15) is 0 Å². The molecule has 0 aromatic heterocycles. The van der Waals surface area contributed by atoms with E-state index in [0.717, 1.165) is 16.7 Å². The molecule has 1 unspecified atom stereocenters. The lowest BCUT2D eigenvalue weighted by Gasteiger charge is -2.20. The predicted octanol–water partition coefficient (Wildman–Crippen LogP) is 7.19. The molecule has 0 N–H and O–H groups in total. The zero-order valence-corrected chi connectivity index (χ0v) is 20.3. The number of unbranched alkanes of at least 4 members (excludes halogenated alkanes) is 1. The van der Waals surface area contributed by atoms with E-state index in [2.05, 4.69) is 0 Å². The van der Waals surface area contributed by atoms with Gasteiger partial charge in [0.15, 0.2) is 11.9 Å². The van der Waals surface area contributed by atoms with Crippen molar-refractivity contribution < 1.29 is 32.2 Å². The molecule has 190 valence electrons. The monoisotopic (exact) mass is 498 g/mol. The summed E-state index contributed by atoms with van der Waals surface area (Å²) >= 11 is 0. The van der Waals surface area contributed by atoms with Crippen molar-refractivity contribution in [2.75, 3.05) is 13.2 Å². The van der Waals surface area contributed by atoms with Gasteiger partial charge in [-0.2, -0.15) is 13.2 Å². The van der Waals surface area contributed by atoms with Gasteiger partial charge in [0.25, 0.3) is 0 Å². The lowest BCUT2D eigenvalue weighted by atomic mass is 9.98. The molecule has 0 saturated heterocycles. The molecule has 4 nitrogen and oxygen atoms in total. The Balaban J connectivity index is 1.63. The van der Waals surface area contributed by atoms with Crippen LogP contribution in [0.2, 0.25) is 0 Å². The molecule has 3 aromatic rings. The minimum Gasteiger partial charge on any atom is -0.449 e. The number of hydrogen-bond acceptors (Lipinski definition) is 4. The van der Waals surface area contributed by atoms with E-state index in [1.165, 1.54) is 24.3 Å². The second kappa shape index (κ2) is 12.5. The maximum absolute atomic E-state index is 13.3. The van der Waals surface area contributed by atoms with Crippen molar-refractivity contribution >= 4 is 11.8 Å². The van der Waals surface area contributed by atoms with Crippen LogP contribution in [0.5, 0.6) is 0 Å². The van der Waals surface area contributed by atoms with Gasteiger partial charge in [-0.05, 0) is 56.4 Å². The average Bonchev–Trinajstić information content (AvgIpc) is 2.87. The molecule has 0 aliphatic carbocycles. The van der Waals surface area contributed by atoms with Gasteiger partial charge < -0.3 is 9.47 Å². The molecule has 0 saturated carbocycles. The van der Waals surface area contributed by atoms with E-state index in [1.807, 2.05) is 43.3 Å². The van der Waals surface area contributed by atoms with Gasteiger partial charge in [-0.25, -0.2) is 4.79 Å². The van der Waals surface area contributed by atoms with Crippen LogP contribution in [0.25, 0.3) is 11.1 Å². The maximum Gasteiger partial charge on any atom is 0.425 e. The number of esters is 1. The Morgan fingerprint density at radius 2 is 1.28 bits per heavy atom. The van der Waals surface area contributed by atoms with Crippen LogP contribution in [0.4, 0.5) is 13.2 Å². The second-order valence-electron chi connectivity index (χ2n) is 8.48. The molecule has 3 aromatic carbocycles. The molecule has 3 rings (SSSR count). The topological polar surface area (TPSA) is 52.6 Å². The van der Waals surface area contributed by atoms with Crippen molar-refractivity contribution in [3.8, 4) is 11.1 Å². The first-order valence-corrected chi connectivity index (χ1v) is 11.9. The first-order valence-electron chi connectivity index (χ1n) is 11.9. The standard InChI is InChI=1S/C29H29F3O4/c1-3-35-19-5-4-6-26(29(30,31)32)36-28(34)25-17-15-24(16-18-25)27(33)23-13-11-22(12-14-23)21-9-7-20(2)8-10-21/h7-18,26H,3-6,19H2,1-2H3. The van der Waals surface area contributed by atoms with Crippen molar-refractivity contribution in [1.29, 1.82) is 0 Å². The van der Waals surface area contributed by atoms with Gasteiger partial charge in [-0.3, -0.25) is 4.79 Å². The van der Waals surface area contributed by atoms with Gasteiger partial charge in [0.05, 0.1) is 5.56 Å². The van der Waals surface area contributed by atoms with E-state index in [9.17, 15) is 22.8 Å². The Hall–Kier alpha value is -3.45. The van der Waals surface area contributed by atoms with E-state index in [4.69, 9.17) is 9.47 Å². The van der Waals surface area contributed by atoms with Crippen LogP contribution < -0.4 is 0 Å². The van der Waals surface area contributed by atoms with Gasteiger partial charge in [-0.1, -0.05) is 66.2 Å². The normalized spacial score (nSPS) is 12.2. The first-order chi connectivity index (χ1) is 17.2. The number of ether oxygens (including phenoxy) is 2. The highest BCUT2D eigenvalue weighted by Gasteiger charge is 2.42. The quantitative estimate of drug-likeness (QED) is 0.160. The molecule has 36 heavy (non-hydrogen) atoms. The van der Waals surface area contributed by atoms with Crippen LogP contribution in [0.1, 0.15) is 58.0 Å². The van der Waals surface area contributed by atoms with Crippen molar-refractivity contribution in [2.24, 2.45) is 0 Å². The SMILES string of the molecule is CCOCCCCC(OC(=O)c1ccc(C(=O)c2ccc(-c3ccc(C)cc3)cc2)cc1)C(F)(F)F. The summed E-state index contributed by atoms with van der Waals surface area (Å²) in [6, 6.07) is 20.6. The molecular weight excluding hydrogens is 469 g/mol. The average molecular weight is 499 g/mol. The summed E-state index contributed by atoms with van der Waals surface area (Å²) in [6.45, 7) is 4.67. The number of aryl methyl sites for hydroxylation is 1. The summed E-state index contributed by atoms with van der Waals surface area (Å²) in [5.41, 5.74) is 3.90. The summed E-state index contributed by atoms with van der Waals surface area (Å²) in [6.07, 6.45) is -6.53. The zero-order valence-electron chi connectivity index (χ0n) is 20.3. The zero-order chi connectivity index (χ0) is 26.1. The summed E-state index contributed by atoms with van der Waals surface area (Å²) in [7, 11) is 0. The largest absolute Gasteiger partial charge is 0.449 e. The van der Waals surface area contributed by atoms with Crippen LogP contribution in [-0.2, 0) is 9.47 Å². The number of carbonyl (C=O) groups excluding carboxylic acids is 2. The molecule has 0 aliphatic rings. The van der Waals surface area contributed by atoms with E-state index in [1.54, 1.807) is 19.1 Å². The highest BCUT2D eigenvalue weighted by Crippen LogP contribution is 2.28. The summed E-state index contributed by atoms with van der Waals surface area (Å²) in [5.74, 6) is -1.34. The van der Waals surface area contributed by atoms with Crippen molar-refractivity contribution in [3.63, 3.8) is 0 Å². The Labute approximate surface area is 209 Å². The molecule has 1 atom stereocenters. The van der Waals surface area contributed by atoms with Crippen molar-refractivity contribution in [1.82, 2.24) is 0 Å². The predicted molar refractivity (Wildman–Crippen MR) is 132 cm³/mol. The Morgan fingerprint density at radius 3 is 1.81 bits per heavy atom. The van der Waals surface area contributed by atoms with E-state index in [0.29, 0.717) is 30.8 Å². The highest BCUT2D eigenvalue weighted by molar-refractivity contribution is 6.09. The Bertz CT molecular complexity index is 1140. The number of benzene rings is 3. The molecular formula is C29H29F3O4. The number of rotatable bonds is 11. The highest BCUT2D eigenvalue weighted by atomic mass is 19.4. The van der Waals surface area contributed by atoms with Crippen LogP contribution in [0.15, 0.2) is 72.8 Å². The summed E-state index contributed by atoms with van der Waals surface area (Å²) in [4.78, 5) is 25.2. The number of halogens is 3. The number of hydrogen-bond donors (Lipinski definition) is 0. The molecule has 0 fully saturated rings. The van der Waals surface area contributed by atoms with Gasteiger partial charge in [0.2, 0.25) is 0 Å². The smallest absolute Gasteiger partial charge is 0.425 e. The minimum atomic E-state index is -4.66. The molecule has 0 heterocycles. The van der Waals surface area contributed by atoms with E-state index >= 15 is 0 Å². The Morgan fingerprint density at radius 1 is 0.778 bits per heavy atom. The summed E-state index contributed by atoms with van der Waals surface area (Å²) < 4.78 is 49.9. The maximum atomic E-state index is 13.3. The van der Waals surface area contributed by atoms with Crippen LogP contribution >= 0.6 is 0 Å². The third-order valence-corrected chi connectivity index (χ3v) is 5.74. The van der Waals surface area contributed by atoms with Gasteiger partial charge in [0, 0.05) is 24.3 Å². The van der Waals surface area contributed by atoms with Crippen LogP contribution in [-0.4, -0.2) is 37.2 Å². The third kappa shape index (κ3) is 7.52. The Kier molecular flexibility index (Phi) is 9.42. The molecule has 0 bridgehead atoms. The second-order valence-corrected chi connectivity index (χ2v) is 8.48. The fourth-order valence-corrected chi connectivity index (χ4v) is 3.65. The van der Waals surface area contributed by atoms with E-state index in [-0.39, 0.29) is 24.2 Å². The fourth-order valence-electron chi connectivity index (χ4n) is 3.65. The lowest BCUT2D eigenvalue weighted by Crippen LogP contribution is -2.34. The van der Waals surface area contributed by atoms with Crippen molar-refractivity contribution in [3.05, 3.63) is 95.1 Å². The summed E-state index contributed by atoms with van der Waals surface area (Å²) in [5, 5.41) is 0. The fraction of sp³-hybridized carbons (Fsp3) is 0.310. The van der Waals surface area contributed by atoms with Crippen LogP contribution in [0.3, 0.4) is 0 Å². The minimum absolute atomic E-state index is 0.0511. The number of alkyl halides is 3. The van der Waals surface area contributed by atoms with Crippen molar-refractivity contribution in [2.45, 2.75) is 45.4 Å². The third-order valence-electron chi connectivity index (χ3n) is 5.74. The van der Waals surface area contributed by atoms with Gasteiger partial charge in [-0.15, -0.1) is 0 Å². The molecule has 0 amide bonds. The number of carbonyl (C=O) groups is 2. The first kappa shape index (κ1) is 27.1. The molecule has 0 radical (unpaired) electrons. The van der Waals surface area contributed by atoms with Crippen LogP contribution in [0, 0.1) is 6.92 Å². The van der Waals surface area contributed by atoms with E-state index < -0.39 is 18.2 Å². The molecule has 0 aliphatic heterocycles. The lowest BCUT2D eigenvalue weighted by molar-refractivity contribution is -0.206. The molecule has 7 heteroatoms. The molecule has 0 spiro atoms.